The quantitative estimate of drug-likeness (QED) is 0.859. The second-order valence-corrected chi connectivity index (χ2v) is 6.65. The van der Waals surface area contributed by atoms with Gasteiger partial charge in [-0.2, -0.15) is 5.10 Å². The highest BCUT2D eigenvalue weighted by molar-refractivity contribution is 5.22. The van der Waals surface area contributed by atoms with Crippen molar-refractivity contribution >= 4 is 0 Å². The Bertz CT molecular complexity index is 582. The van der Waals surface area contributed by atoms with E-state index in [1.54, 1.807) is 6.33 Å². The Kier molecular flexibility index (Phi) is 5.41. The molecule has 0 radical (unpaired) electrons. The van der Waals surface area contributed by atoms with Gasteiger partial charge in [-0.1, -0.05) is 31.2 Å². The number of hydrogen-bond donors (Lipinski definition) is 2. The first kappa shape index (κ1) is 16.1. The van der Waals surface area contributed by atoms with Crippen LogP contribution in [0.1, 0.15) is 43.4 Å². The summed E-state index contributed by atoms with van der Waals surface area (Å²) < 4.78 is 2.02. The zero-order chi connectivity index (χ0) is 16.1. The standard InChI is InChI=1S/C18H26N4O/c1-14-2-7-17(18(10-14)22-13-19-12-21-22)20-9-8-15-3-5-16(11-23)6-4-15/h3-6,12-14,17-18,20,23H,2,7-11H2,1H3/t14-,17-,18-/m1/s1. The molecule has 1 aliphatic carbocycles. The molecule has 0 aliphatic heterocycles. The number of aliphatic hydroxyl groups excluding tert-OH is 1. The molecule has 2 aromatic rings. The van der Waals surface area contributed by atoms with E-state index in [4.69, 9.17) is 5.11 Å². The first-order chi connectivity index (χ1) is 11.3. The van der Waals surface area contributed by atoms with Gasteiger partial charge >= 0.3 is 0 Å². The van der Waals surface area contributed by atoms with Crippen LogP contribution >= 0.6 is 0 Å². The van der Waals surface area contributed by atoms with Crippen molar-refractivity contribution in [3.63, 3.8) is 0 Å². The van der Waals surface area contributed by atoms with Crippen molar-refractivity contribution in [2.75, 3.05) is 6.54 Å². The molecule has 0 unspecified atom stereocenters. The zero-order valence-electron chi connectivity index (χ0n) is 13.7. The van der Waals surface area contributed by atoms with Crippen LogP contribution in [0.2, 0.25) is 0 Å². The van der Waals surface area contributed by atoms with Gasteiger partial charge in [0.25, 0.3) is 0 Å². The lowest BCUT2D eigenvalue weighted by Gasteiger charge is -2.35. The van der Waals surface area contributed by atoms with Gasteiger partial charge in [-0.3, -0.25) is 0 Å². The third kappa shape index (κ3) is 4.18. The van der Waals surface area contributed by atoms with Crippen LogP contribution in [0.15, 0.2) is 36.9 Å². The average molecular weight is 314 g/mol. The minimum absolute atomic E-state index is 0.109. The minimum Gasteiger partial charge on any atom is -0.392 e. The van der Waals surface area contributed by atoms with Gasteiger partial charge in [-0.25, -0.2) is 9.67 Å². The predicted molar refractivity (Wildman–Crippen MR) is 89.9 cm³/mol. The smallest absolute Gasteiger partial charge is 0.137 e. The van der Waals surface area contributed by atoms with E-state index in [1.807, 2.05) is 23.1 Å². The Labute approximate surface area is 137 Å². The maximum absolute atomic E-state index is 9.09. The molecule has 0 saturated heterocycles. The van der Waals surface area contributed by atoms with Crippen molar-refractivity contribution in [1.82, 2.24) is 20.1 Å². The Morgan fingerprint density at radius 1 is 1.22 bits per heavy atom. The molecule has 1 fully saturated rings. The second-order valence-electron chi connectivity index (χ2n) is 6.65. The maximum atomic E-state index is 9.09. The number of nitrogens with one attached hydrogen (secondary N) is 1. The highest BCUT2D eigenvalue weighted by Crippen LogP contribution is 2.31. The second kappa shape index (κ2) is 7.70. The Morgan fingerprint density at radius 2 is 2.00 bits per heavy atom. The van der Waals surface area contributed by atoms with Crippen molar-refractivity contribution in [2.45, 2.75) is 51.3 Å². The van der Waals surface area contributed by atoms with E-state index in [1.165, 1.54) is 18.4 Å². The summed E-state index contributed by atoms with van der Waals surface area (Å²) in [5.41, 5.74) is 2.27. The van der Waals surface area contributed by atoms with Crippen LogP contribution in [0.5, 0.6) is 0 Å². The summed E-state index contributed by atoms with van der Waals surface area (Å²) in [5, 5.41) is 17.2. The molecule has 1 aromatic heterocycles. The third-order valence-corrected chi connectivity index (χ3v) is 4.88. The van der Waals surface area contributed by atoms with Gasteiger partial charge in [0, 0.05) is 6.04 Å². The van der Waals surface area contributed by atoms with Gasteiger partial charge in [-0.05, 0) is 49.3 Å². The van der Waals surface area contributed by atoms with Crippen molar-refractivity contribution in [3.05, 3.63) is 48.0 Å². The maximum Gasteiger partial charge on any atom is 0.137 e. The number of benzene rings is 1. The van der Waals surface area contributed by atoms with Crippen LogP contribution in [0.4, 0.5) is 0 Å². The molecular formula is C18H26N4O. The van der Waals surface area contributed by atoms with E-state index in [-0.39, 0.29) is 6.61 Å². The molecule has 3 atom stereocenters. The van der Waals surface area contributed by atoms with E-state index < -0.39 is 0 Å². The van der Waals surface area contributed by atoms with Crippen molar-refractivity contribution in [2.24, 2.45) is 5.92 Å². The van der Waals surface area contributed by atoms with Crippen molar-refractivity contribution in [1.29, 1.82) is 0 Å². The molecule has 1 aliphatic rings. The fourth-order valence-corrected chi connectivity index (χ4v) is 3.48. The molecule has 5 heteroatoms. The summed E-state index contributed by atoms with van der Waals surface area (Å²) in [6, 6.07) is 9.06. The predicted octanol–water partition coefficient (Wildman–Crippen LogP) is 2.33. The molecule has 3 rings (SSSR count). The largest absolute Gasteiger partial charge is 0.392 e. The van der Waals surface area contributed by atoms with E-state index in [0.29, 0.717) is 12.1 Å². The highest BCUT2D eigenvalue weighted by Gasteiger charge is 2.29. The van der Waals surface area contributed by atoms with Crippen LogP contribution in [0.3, 0.4) is 0 Å². The SMILES string of the molecule is C[C@@H]1CC[C@@H](NCCc2ccc(CO)cc2)[C@H](n2cncn2)C1. The van der Waals surface area contributed by atoms with Crippen LogP contribution in [-0.4, -0.2) is 32.5 Å². The Balaban J connectivity index is 1.55. The van der Waals surface area contributed by atoms with Crippen molar-refractivity contribution in [3.8, 4) is 0 Å². The number of aliphatic hydroxyl groups is 1. The molecule has 0 spiro atoms. The molecule has 1 saturated carbocycles. The summed E-state index contributed by atoms with van der Waals surface area (Å²) in [4.78, 5) is 4.10. The summed E-state index contributed by atoms with van der Waals surface area (Å²) in [7, 11) is 0. The molecular weight excluding hydrogens is 288 g/mol. The summed E-state index contributed by atoms with van der Waals surface area (Å²) in [6.45, 7) is 3.39. The molecule has 23 heavy (non-hydrogen) atoms. The molecule has 0 amide bonds. The first-order valence-electron chi connectivity index (χ1n) is 8.52. The Hall–Kier alpha value is -1.72. The number of rotatable bonds is 6. The van der Waals surface area contributed by atoms with Gasteiger partial charge in [0.15, 0.2) is 0 Å². The molecule has 124 valence electrons. The lowest BCUT2D eigenvalue weighted by Crippen LogP contribution is -2.42. The minimum atomic E-state index is 0.109. The van der Waals surface area contributed by atoms with Crippen molar-refractivity contribution < 1.29 is 5.11 Å². The average Bonchev–Trinajstić information content (AvgIpc) is 3.11. The summed E-state index contributed by atoms with van der Waals surface area (Å²) in [5.74, 6) is 0.744. The fraction of sp³-hybridized carbons (Fsp3) is 0.556. The Morgan fingerprint density at radius 3 is 2.70 bits per heavy atom. The first-order valence-corrected chi connectivity index (χ1v) is 8.52. The summed E-state index contributed by atoms with van der Waals surface area (Å²) in [6.07, 6.45) is 8.08. The fourth-order valence-electron chi connectivity index (χ4n) is 3.48. The van der Waals surface area contributed by atoms with Crippen LogP contribution in [0.25, 0.3) is 0 Å². The number of hydrogen-bond acceptors (Lipinski definition) is 4. The van der Waals surface area contributed by atoms with Gasteiger partial charge in [-0.15, -0.1) is 0 Å². The zero-order valence-corrected chi connectivity index (χ0v) is 13.7. The lowest BCUT2D eigenvalue weighted by molar-refractivity contribution is 0.203. The van der Waals surface area contributed by atoms with E-state index in [0.717, 1.165) is 30.9 Å². The van der Waals surface area contributed by atoms with Crippen LogP contribution < -0.4 is 5.32 Å². The third-order valence-electron chi connectivity index (χ3n) is 4.88. The van der Waals surface area contributed by atoms with Crippen LogP contribution in [-0.2, 0) is 13.0 Å². The number of aromatic nitrogens is 3. The normalized spacial score (nSPS) is 24.7. The van der Waals surface area contributed by atoms with E-state index in [2.05, 4.69) is 34.5 Å². The molecule has 1 aromatic carbocycles. The summed E-state index contributed by atoms with van der Waals surface area (Å²) >= 11 is 0. The lowest BCUT2D eigenvalue weighted by atomic mass is 9.83. The van der Waals surface area contributed by atoms with E-state index in [9.17, 15) is 0 Å². The monoisotopic (exact) mass is 314 g/mol. The van der Waals surface area contributed by atoms with Gasteiger partial charge < -0.3 is 10.4 Å². The molecule has 1 heterocycles. The van der Waals surface area contributed by atoms with Gasteiger partial charge in [0.05, 0.1) is 12.6 Å². The number of nitrogens with zero attached hydrogens (tertiary/aromatic N) is 3. The van der Waals surface area contributed by atoms with Gasteiger partial charge in [0.1, 0.15) is 12.7 Å². The molecule has 5 nitrogen and oxygen atoms in total. The molecule has 0 bridgehead atoms. The van der Waals surface area contributed by atoms with Gasteiger partial charge in [0.2, 0.25) is 0 Å². The molecule has 2 N–H and O–H groups in total. The highest BCUT2D eigenvalue weighted by atomic mass is 16.3. The van der Waals surface area contributed by atoms with E-state index >= 15 is 0 Å². The van der Waals surface area contributed by atoms with Crippen LogP contribution in [0, 0.1) is 5.92 Å². The topological polar surface area (TPSA) is 63.0 Å².